The third kappa shape index (κ3) is 3.65. The number of benzene rings is 1. The van der Waals surface area contributed by atoms with Crippen molar-refractivity contribution in [1.29, 1.82) is 0 Å². The second-order valence-corrected chi connectivity index (χ2v) is 5.03. The molecule has 1 rings (SSSR count). The highest BCUT2D eigenvalue weighted by atomic mass is 127. The van der Waals surface area contributed by atoms with Crippen LogP contribution in [0, 0.1) is 9.49 Å². The molecule has 0 aromatic heterocycles. The van der Waals surface area contributed by atoms with Gasteiger partial charge in [0.2, 0.25) is 0 Å². The van der Waals surface area contributed by atoms with Gasteiger partial charge in [0.25, 0.3) is 0 Å². The topological polar surface area (TPSA) is 26.0 Å². The average Bonchev–Trinajstić information content (AvgIpc) is 2.04. The summed E-state index contributed by atoms with van der Waals surface area (Å²) in [6.45, 7) is 4.40. The van der Waals surface area contributed by atoms with Gasteiger partial charge < -0.3 is 5.73 Å². The van der Waals surface area contributed by atoms with Gasteiger partial charge in [-0.05, 0) is 52.6 Å². The smallest absolute Gasteiger partial charge is 0.0297 e. The molecule has 72 valence electrons. The minimum absolute atomic E-state index is 0.192. The summed E-state index contributed by atoms with van der Waals surface area (Å²) in [6, 6.07) is 8.65. The van der Waals surface area contributed by atoms with E-state index in [2.05, 4.69) is 60.7 Å². The van der Waals surface area contributed by atoms with E-state index < -0.39 is 0 Å². The summed E-state index contributed by atoms with van der Waals surface area (Å²) >= 11 is 2.30. The fraction of sp³-hybridized carbons (Fsp3) is 0.455. The third-order valence-electron chi connectivity index (χ3n) is 2.02. The lowest BCUT2D eigenvalue weighted by Gasteiger charge is -2.14. The van der Waals surface area contributed by atoms with Crippen LogP contribution < -0.4 is 5.73 Å². The lowest BCUT2D eigenvalue weighted by molar-refractivity contribution is 0.510. The standard InChI is InChI=1S/C11H16IN/c1-8(2)7-11(13)9-3-5-10(12)6-4-9/h3-6,8,11H,7,13H2,1-2H3. The van der Waals surface area contributed by atoms with Crippen molar-refractivity contribution in [3.8, 4) is 0 Å². The maximum atomic E-state index is 6.04. The molecule has 0 saturated carbocycles. The van der Waals surface area contributed by atoms with Crippen LogP contribution in [0.4, 0.5) is 0 Å². The summed E-state index contributed by atoms with van der Waals surface area (Å²) in [5.74, 6) is 0.661. The largest absolute Gasteiger partial charge is 0.324 e. The molecule has 0 saturated heterocycles. The van der Waals surface area contributed by atoms with Crippen LogP contribution in [0.25, 0.3) is 0 Å². The molecule has 0 aliphatic heterocycles. The highest BCUT2D eigenvalue weighted by Crippen LogP contribution is 2.19. The monoisotopic (exact) mass is 289 g/mol. The predicted octanol–water partition coefficient (Wildman–Crippen LogP) is 3.34. The van der Waals surface area contributed by atoms with Crippen LogP contribution in [0.5, 0.6) is 0 Å². The van der Waals surface area contributed by atoms with Crippen LogP contribution >= 0.6 is 22.6 Å². The highest BCUT2D eigenvalue weighted by Gasteiger charge is 2.07. The van der Waals surface area contributed by atoms with Gasteiger partial charge in [-0.2, -0.15) is 0 Å². The quantitative estimate of drug-likeness (QED) is 0.849. The lowest BCUT2D eigenvalue weighted by atomic mass is 9.98. The van der Waals surface area contributed by atoms with Crippen molar-refractivity contribution < 1.29 is 0 Å². The third-order valence-corrected chi connectivity index (χ3v) is 2.74. The van der Waals surface area contributed by atoms with Gasteiger partial charge in [-0.25, -0.2) is 0 Å². The Balaban J connectivity index is 2.66. The van der Waals surface area contributed by atoms with Gasteiger partial charge in [-0.1, -0.05) is 26.0 Å². The van der Waals surface area contributed by atoms with Crippen molar-refractivity contribution in [2.75, 3.05) is 0 Å². The minimum Gasteiger partial charge on any atom is -0.324 e. The van der Waals surface area contributed by atoms with Crippen LogP contribution in [0.1, 0.15) is 31.9 Å². The first-order valence-electron chi connectivity index (χ1n) is 4.60. The minimum atomic E-state index is 0.192. The van der Waals surface area contributed by atoms with Gasteiger partial charge in [-0.3, -0.25) is 0 Å². The van der Waals surface area contributed by atoms with E-state index in [9.17, 15) is 0 Å². The summed E-state index contributed by atoms with van der Waals surface area (Å²) in [6.07, 6.45) is 1.06. The molecule has 0 amide bonds. The maximum absolute atomic E-state index is 6.04. The second kappa shape index (κ2) is 4.96. The lowest BCUT2D eigenvalue weighted by Crippen LogP contribution is -2.12. The molecule has 1 unspecified atom stereocenters. The second-order valence-electron chi connectivity index (χ2n) is 3.79. The first kappa shape index (κ1) is 11.0. The zero-order valence-electron chi connectivity index (χ0n) is 8.13. The van der Waals surface area contributed by atoms with Crippen molar-refractivity contribution in [2.45, 2.75) is 26.3 Å². The number of nitrogens with two attached hydrogens (primary N) is 1. The Hall–Kier alpha value is -0.0900. The molecular formula is C11H16IN. The number of hydrogen-bond acceptors (Lipinski definition) is 1. The van der Waals surface area contributed by atoms with E-state index >= 15 is 0 Å². The van der Waals surface area contributed by atoms with E-state index in [-0.39, 0.29) is 6.04 Å². The Morgan fingerprint density at radius 1 is 1.23 bits per heavy atom. The zero-order valence-corrected chi connectivity index (χ0v) is 10.3. The Bertz CT molecular complexity index is 253. The molecule has 0 bridgehead atoms. The van der Waals surface area contributed by atoms with Crippen LogP contribution in [0.3, 0.4) is 0 Å². The molecule has 1 atom stereocenters. The summed E-state index contributed by atoms with van der Waals surface area (Å²) in [7, 11) is 0. The van der Waals surface area contributed by atoms with E-state index in [1.54, 1.807) is 0 Å². The molecule has 0 aliphatic rings. The zero-order chi connectivity index (χ0) is 9.84. The number of rotatable bonds is 3. The summed E-state index contributed by atoms with van der Waals surface area (Å²) in [5.41, 5.74) is 7.29. The maximum Gasteiger partial charge on any atom is 0.0297 e. The highest BCUT2D eigenvalue weighted by molar-refractivity contribution is 14.1. The van der Waals surface area contributed by atoms with Gasteiger partial charge in [0.1, 0.15) is 0 Å². The molecule has 13 heavy (non-hydrogen) atoms. The summed E-state index contributed by atoms with van der Waals surface area (Å²) < 4.78 is 1.26. The Labute approximate surface area is 93.9 Å². The van der Waals surface area contributed by atoms with Gasteiger partial charge >= 0.3 is 0 Å². The Morgan fingerprint density at radius 3 is 2.23 bits per heavy atom. The molecule has 1 aromatic rings. The number of halogens is 1. The first-order chi connectivity index (χ1) is 6.09. The molecule has 0 radical (unpaired) electrons. The van der Waals surface area contributed by atoms with Crippen LogP contribution in [-0.2, 0) is 0 Å². The SMILES string of the molecule is CC(C)CC(N)c1ccc(I)cc1. The average molecular weight is 289 g/mol. The molecule has 0 fully saturated rings. The molecule has 0 aliphatic carbocycles. The Kier molecular flexibility index (Phi) is 4.19. The van der Waals surface area contributed by atoms with Gasteiger partial charge in [0.15, 0.2) is 0 Å². The van der Waals surface area contributed by atoms with Crippen LogP contribution in [0.2, 0.25) is 0 Å². The molecule has 1 nitrogen and oxygen atoms in total. The van der Waals surface area contributed by atoms with Crippen LogP contribution in [-0.4, -0.2) is 0 Å². The van der Waals surface area contributed by atoms with E-state index in [0.29, 0.717) is 5.92 Å². The van der Waals surface area contributed by atoms with Crippen LogP contribution in [0.15, 0.2) is 24.3 Å². The van der Waals surface area contributed by atoms with E-state index in [1.807, 2.05) is 0 Å². The van der Waals surface area contributed by atoms with Crippen molar-refractivity contribution >= 4 is 22.6 Å². The molecule has 0 spiro atoms. The first-order valence-corrected chi connectivity index (χ1v) is 5.68. The van der Waals surface area contributed by atoms with Gasteiger partial charge in [0.05, 0.1) is 0 Å². The van der Waals surface area contributed by atoms with Crippen molar-refractivity contribution in [2.24, 2.45) is 11.7 Å². The summed E-state index contributed by atoms with van der Waals surface area (Å²) in [4.78, 5) is 0. The van der Waals surface area contributed by atoms with Gasteiger partial charge in [-0.15, -0.1) is 0 Å². The normalized spacial score (nSPS) is 13.3. The van der Waals surface area contributed by atoms with E-state index in [0.717, 1.165) is 6.42 Å². The Morgan fingerprint density at radius 2 is 1.77 bits per heavy atom. The van der Waals surface area contributed by atoms with E-state index in [4.69, 9.17) is 5.73 Å². The summed E-state index contributed by atoms with van der Waals surface area (Å²) in [5, 5.41) is 0. The molecule has 2 heteroatoms. The van der Waals surface area contributed by atoms with Crippen molar-refractivity contribution in [3.05, 3.63) is 33.4 Å². The van der Waals surface area contributed by atoms with Gasteiger partial charge in [0, 0.05) is 9.61 Å². The molecule has 1 aromatic carbocycles. The molecular weight excluding hydrogens is 273 g/mol. The fourth-order valence-electron chi connectivity index (χ4n) is 1.35. The molecule has 0 heterocycles. The van der Waals surface area contributed by atoms with Crippen molar-refractivity contribution in [3.63, 3.8) is 0 Å². The predicted molar refractivity (Wildman–Crippen MR) is 65.5 cm³/mol. The van der Waals surface area contributed by atoms with Crippen molar-refractivity contribution in [1.82, 2.24) is 0 Å². The fourth-order valence-corrected chi connectivity index (χ4v) is 1.71. The number of hydrogen-bond donors (Lipinski definition) is 1. The molecule has 2 N–H and O–H groups in total. The van der Waals surface area contributed by atoms with E-state index in [1.165, 1.54) is 9.13 Å².